The monoisotopic (exact) mass is 179 g/mol. The Kier molecular flexibility index (Phi) is 2.64. The minimum absolute atomic E-state index is 0.666. The van der Waals surface area contributed by atoms with Crippen LogP contribution >= 0.6 is 0 Å². The highest BCUT2D eigenvalue weighted by Crippen LogP contribution is 2.30. The Morgan fingerprint density at radius 2 is 2.15 bits per heavy atom. The van der Waals surface area contributed by atoms with E-state index in [0.717, 1.165) is 6.04 Å². The molecule has 1 aliphatic rings. The number of aromatic amines is 1. The second-order valence-corrected chi connectivity index (χ2v) is 3.81. The van der Waals surface area contributed by atoms with Crippen LogP contribution in [0.25, 0.3) is 0 Å². The molecule has 3 heteroatoms. The van der Waals surface area contributed by atoms with Crippen molar-refractivity contribution in [1.82, 2.24) is 15.3 Å². The molecule has 1 fully saturated rings. The van der Waals surface area contributed by atoms with Gasteiger partial charge in [-0.25, -0.2) is 4.98 Å². The third kappa shape index (κ3) is 1.91. The van der Waals surface area contributed by atoms with Gasteiger partial charge in [-0.2, -0.15) is 0 Å². The van der Waals surface area contributed by atoms with Gasteiger partial charge in [0.1, 0.15) is 5.82 Å². The molecule has 0 radical (unpaired) electrons. The highest BCUT2D eigenvalue weighted by Gasteiger charge is 2.22. The van der Waals surface area contributed by atoms with Crippen molar-refractivity contribution in [2.45, 2.75) is 37.6 Å². The van der Waals surface area contributed by atoms with E-state index < -0.39 is 0 Å². The zero-order valence-electron chi connectivity index (χ0n) is 8.09. The Morgan fingerprint density at radius 3 is 2.69 bits per heavy atom. The van der Waals surface area contributed by atoms with E-state index in [1.54, 1.807) is 0 Å². The summed E-state index contributed by atoms with van der Waals surface area (Å²) in [5.41, 5.74) is 0. The highest BCUT2D eigenvalue weighted by molar-refractivity contribution is 4.99. The first-order valence-electron chi connectivity index (χ1n) is 5.06. The number of rotatable bonds is 2. The van der Waals surface area contributed by atoms with Crippen LogP contribution in [0.4, 0.5) is 0 Å². The lowest BCUT2D eigenvalue weighted by Crippen LogP contribution is -2.29. The van der Waals surface area contributed by atoms with Gasteiger partial charge in [-0.1, -0.05) is 0 Å². The van der Waals surface area contributed by atoms with Gasteiger partial charge in [0.15, 0.2) is 0 Å². The third-order valence-corrected chi connectivity index (χ3v) is 3.04. The maximum atomic E-state index is 4.31. The maximum absolute atomic E-state index is 4.31. The van der Waals surface area contributed by atoms with E-state index in [9.17, 15) is 0 Å². The van der Waals surface area contributed by atoms with Crippen molar-refractivity contribution in [3.8, 4) is 0 Å². The predicted molar refractivity (Wildman–Crippen MR) is 52.6 cm³/mol. The summed E-state index contributed by atoms with van der Waals surface area (Å²) in [5, 5.41) is 3.34. The van der Waals surface area contributed by atoms with Crippen LogP contribution in [-0.4, -0.2) is 23.1 Å². The van der Waals surface area contributed by atoms with Crippen LogP contribution in [0.5, 0.6) is 0 Å². The lowest BCUT2D eigenvalue weighted by molar-refractivity contribution is 0.351. The van der Waals surface area contributed by atoms with Crippen LogP contribution in [0.1, 0.15) is 37.4 Å². The lowest BCUT2D eigenvalue weighted by Gasteiger charge is -2.26. The van der Waals surface area contributed by atoms with E-state index in [4.69, 9.17) is 0 Å². The third-order valence-electron chi connectivity index (χ3n) is 3.04. The van der Waals surface area contributed by atoms with Crippen molar-refractivity contribution in [1.29, 1.82) is 0 Å². The summed E-state index contributed by atoms with van der Waals surface area (Å²) in [6, 6.07) is 0.728. The molecule has 0 atom stereocenters. The topological polar surface area (TPSA) is 40.7 Å². The van der Waals surface area contributed by atoms with E-state index in [1.807, 2.05) is 12.4 Å². The molecule has 1 aliphatic carbocycles. The fourth-order valence-electron chi connectivity index (χ4n) is 2.16. The Labute approximate surface area is 79.0 Å². The molecule has 0 saturated heterocycles. The fraction of sp³-hybridized carbons (Fsp3) is 0.700. The van der Waals surface area contributed by atoms with Crippen molar-refractivity contribution >= 4 is 0 Å². The molecule has 2 rings (SSSR count). The van der Waals surface area contributed by atoms with Crippen LogP contribution in [-0.2, 0) is 0 Å². The van der Waals surface area contributed by atoms with E-state index in [0.29, 0.717) is 5.92 Å². The Bertz CT molecular complexity index is 235. The summed E-state index contributed by atoms with van der Waals surface area (Å²) in [7, 11) is 2.05. The number of nitrogens with zero attached hydrogens (tertiary/aromatic N) is 1. The average molecular weight is 179 g/mol. The van der Waals surface area contributed by atoms with Crippen LogP contribution in [0.15, 0.2) is 12.4 Å². The molecule has 72 valence electrons. The first-order chi connectivity index (χ1) is 6.40. The molecular weight excluding hydrogens is 162 g/mol. The first-order valence-corrected chi connectivity index (χ1v) is 5.06. The van der Waals surface area contributed by atoms with Crippen molar-refractivity contribution in [3.05, 3.63) is 18.2 Å². The molecule has 1 aromatic rings. The molecule has 2 N–H and O–H groups in total. The number of nitrogens with one attached hydrogen (secondary N) is 2. The summed E-state index contributed by atoms with van der Waals surface area (Å²) < 4.78 is 0. The van der Waals surface area contributed by atoms with Crippen molar-refractivity contribution in [2.75, 3.05) is 7.05 Å². The van der Waals surface area contributed by atoms with Gasteiger partial charge >= 0.3 is 0 Å². The largest absolute Gasteiger partial charge is 0.348 e. The van der Waals surface area contributed by atoms with E-state index >= 15 is 0 Å². The smallest absolute Gasteiger partial charge is 0.109 e. The van der Waals surface area contributed by atoms with Gasteiger partial charge in [0.05, 0.1) is 0 Å². The summed E-state index contributed by atoms with van der Waals surface area (Å²) in [5.74, 6) is 1.84. The van der Waals surface area contributed by atoms with Crippen LogP contribution in [0.2, 0.25) is 0 Å². The van der Waals surface area contributed by atoms with E-state index in [1.165, 1.54) is 31.5 Å². The van der Waals surface area contributed by atoms with Gasteiger partial charge in [-0.05, 0) is 32.7 Å². The van der Waals surface area contributed by atoms with Gasteiger partial charge in [-0.3, -0.25) is 0 Å². The zero-order valence-corrected chi connectivity index (χ0v) is 8.09. The number of hydrogen-bond donors (Lipinski definition) is 2. The molecule has 0 unspecified atom stereocenters. The molecule has 0 amide bonds. The minimum atomic E-state index is 0.666. The standard InChI is InChI=1S/C10H17N3/c1-11-9-4-2-8(3-5-9)10-12-6-7-13-10/h6-9,11H,2-5H2,1H3,(H,12,13). The van der Waals surface area contributed by atoms with E-state index in [2.05, 4.69) is 22.3 Å². The predicted octanol–water partition coefficient (Wildman–Crippen LogP) is 1.66. The number of hydrogen-bond acceptors (Lipinski definition) is 2. The Balaban J connectivity index is 1.92. The molecule has 13 heavy (non-hydrogen) atoms. The minimum Gasteiger partial charge on any atom is -0.348 e. The first kappa shape index (κ1) is 8.75. The Hall–Kier alpha value is -0.830. The van der Waals surface area contributed by atoms with Gasteiger partial charge in [-0.15, -0.1) is 0 Å². The molecule has 1 aromatic heterocycles. The van der Waals surface area contributed by atoms with Crippen molar-refractivity contribution in [3.63, 3.8) is 0 Å². The Morgan fingerprint density at radius 1 is 1.38 bits per heavy atom. The summed E-state index contributed by atoms with van der Waals surface area (Å²) in [4.78, 5) is 7.52. The summed E-state index contributed by atoms with van der Waals surface area (Å²) >= 11 is 0. The molecule has 0 bridgehead atoms. The van der Waals surface area contributed by atoms with Gasteiger partial charge in [0.2, 0.25) is 0 Å². The maximum Gasteiger partial charge on any atom is 0.109 e. The van der Waals surface area contributed by atoms with Gasteiger partial charge < -0.3 is 10.3 Å². The lowest BCUT2D eigenvalue weighted by atomic mass is 9.86. The fourth-order valence-corrected chi connectivity index (χ4v) is 2.16. The van der Waals surface area contributed by atoms with Gasteiger partial charge in [0, 0.05) is 24.4 Å². The molecule has 0 aromatic carbocycles. The van der Waals surface area contributed by atoms with Crippen LogP contribution in [0, 0.1) is 0 Å². The van der Waals surface area contributed by atoms with Crippen LogP contribution in [0.3, 0.4) is 0 Å². The molecule has 1 saturated carbocycles. The summed E-state index contributed by atoms with van der Waals surface area (Å²) in [6.07, 6.45) is 8.85. The molecule has 1 heterocycles. The molecular formula is C10H17N3. The average Bonchev–Trinajstić information content (AvgIpc) is 2.71. The molecule has 0 spiro atoms. The summed E-state index contributed by atoms with van der Waals surface area (Å²) in [6.45, 7) is 0. The normalized spacial score (nSPS) is 29.0. The second-order valence-electron chi connectivity index (χ2n) is 3.81. The number of H-pyrrole nitrogens is 1. The van der Waals surface area contributed by atoms with E-state index in [-0.39, 0.29) is 0 Å². The number of imidazole rings is 1. The number of aromatic nitrogens is 2. The highest BCUT2D eigenvalue weighted by atomic mass is 14.9. The van der Waals surface area contributed by atoms with Crippen molar-refractivity contribution < 1.29 is 0 Å². The zero-order chi connectivity index (χ0) is 9.10. The SMILES string of the molecule is CNC1CCC(c2ncc[nH]2)CC1. The van der Waals surface area contributed by atoms with Crippen LogP contribution < -0.4 is 5.32 Å². The molecule has 3 nitrogen and oxygen atoms in total. The second kappa shape index (κ2) is 3.92. The quantitative estimate of drug-likeness (QED) is 0.725. The van der Waals surface area contributed by atoms with Crippen molar-refractivity contribution in [2.24, 2.45) is 0 Å². The molecule has 0 aliphatic heterocycles. The van der Waals surface area contributed by atoms with Gasteiger partial charge in [0.25, 0.3) is 0 Å².